The second-order valence-electron chi connectivity index (χ2n) is 7.66. The van der Waals surface area contributed by atoms with Crippen LogP contribution in [-0.2, 0) is 9.59 Å². The first-order valence-electron chi connectivity index (χ1n) is 10.6. The van der Waals surface area contributed by atoms with Gasteiger partial charge in [-0.15, -0.1) is 0 Å². The second kappa shape index (κ2) is 10.1. The van der Waals surface area contributed by atoms with Gasteiger partial charge in [0, 0.05) is 17.3 Å². The fourth-order valence-corrected chi connectivity index (χ4v) is 3.57. The van der Waals surface area contributed by atoms with Gasteiger partial charge in [-0.1, -0.05) is 38.1 Å². The number of hydrogen-bond acceptors (Lipinski definition) is 5. The summed E-state index contributed by atoms with van der Waals surface area (Å²) < 4.78 is 5.93. The number of nitrogens with one attached hydrogen (secondary N) is 2. The van der Waals surface area contributed by atoms with Crippen molar-refractivity contribution in [3.05, 3.63) is 54.1 Å². The summed E-state index contributed by atoms with van der Waals surface area (Å²) in [6.07, 6.45) is 0.984. The van der Waals surface area contributed by atoms with E-state index < -0.39 is 6.10 Å². The minimum Gasteiger partial charge on any atom is -0.477 e. The van der Waals surface area contributed by atoms with Gasteiger partial charge in [0.05, 0.1) is 18.8 Å². The molecule has 7 nitrogen and oxygen atoms in total. The lowest BCUT2D eigenvalue weighted by atomic mass is 10.1. The maximum atomic E-state index is 12.8. The quantitative estimate of drug-likeness (QED) is 0.636. The van der Waals surface area contributed by atoms with Gasteiger partial charge in [-0.25, -0.2) is 0 Å². The van der Waals surface area contributed by atoms with Gasteiger partial charge in [0.25, 0.3) is 5.91 Å². The number of benzene rings is 2. The minimum absolute atomic E-state index is 0.0550. The summed E-state index contributed by atoms with van der Waals surface area (Å²) in [5, 5.41) is 5.86. The van der Waals surface area contributed by atoms with Crippen LogP contribution in [0.1, 0.15) is 44.0 Å². The van der Waals surface area contributed by atoms with Crippen molar-refractivity contribution in [2.24, 2.45) is 0 Å². The van der Waals surface area contributed by atoms with Gasteiger partial charge in [0.2, 0.25) is 5.91 Å². The molecule has 1 unspecified atom stereocenters. The van der Waals surface area contributed by atoms with Crippen LogP contribution >= 0.6 is 0 Å². The summed E-state index contributed by atoms with van der Waals surface area (Å²) in [7, 11) is 0. The van der Waals surface area contributed by atoms with Crippen LogP contribution < -0.4 is 20.3 Å². The Kier molecular flexibility index (Phi) is 7.28. The van der Waals surface area contributed by atoms with Crippen LogP contribution in [0, 0.1) is 0 Å². The van der Waals surface area contributed by atoms with Crippen molar-refractivity contribution in [3.8, 4) is 5.75 Å². The zero-order chi connectivity index (χ0) is 22.4. The number of ketones is 1. The van der Waals surface area contributed by atoms with Crippen molar-refractivity contribution in [3.63, 3.8) is 0 Å². The molecule has 2 aromatic carbocycles. The highest BCUT2D eigenvalue weighted by Gasteiger charge is 2.32. The Bertz CT molecular complexity index is 955. The Morgan fingerprint density at radius 1 is 1.10 bits per heavy atom. The van der Waals surface area contributed by atoms with Crippen molar-refractivity contribution in [2.75, 3.05) is 23.3 Å². The molecule has 31 heavy (non-hydrogen) atoms. The normalized spacial score (nSPS) is 15.1. The van der Waals surface area contributed by atoms with E-state index in [2.05, 4.69) is 10.6 Å². The first-order chi connectivity index (χ1) is 14.9. The number of rotatable bonds is 8. The molecule has 0 saturated heterocycles. The maximum absolute atomic E-state index is 12.8. The topological polar surface area (TPSA) is 87.7 Å². The van der Waals surface area contributed by atoms with Crippen molar-refractivity contribution < 1.29 is 19.1 Å². The highest BCUT2D eigenvalue weighted by molar-refractivity contribution is 5.98. The van der Waals surface area contributed by atoms with E-state index in [9.17, 15) is 14.4 Å². The van der Waals surface area contributed by atoms with E-state index in [1.165, 1.54) is 6.92 Å². The fourth-order valence-electron chi connectivity index (χ4n) is 3.57. The molecule has 1 heterocycles. The Morgan fingerprint density at radius 2 is 1.84 bits per heavy atom. The number of ether oxygens (including phenoxy) is 1. The van der Waals surface area contributed by atoms with Crippen LogP contribution in [0.15, 0.2) is 48.5 Å². The summed E-state index contributed by atoms with van der Waals surface area (Å²) in [5.41, 5.74) is 1.86. The van der Waals surface area contributed by atoms with E-state index in [1.807, 2.05) is 36.9 Å². The molecule has 2 amide bonds. The van der Waals surface area contributed by atoms with Crippen LogP contribution in [0.2, 0.25) is 0 Å². The predicted molar refractivity (Wildman–Crippen MR) is 121 cm³/mol. The number of carbonyl (C=O) groups excluding carboxylic acids is 3. The molecule has 1 aliphatic heterocycles. The molecule has 2 aromatic rings. The third-order valence-electron chi connectivity index (χ3n) is 5.37. The summed E-state index contributed by atoms with van der Waals surface area (Å²) in [6, 6.07) is 14.3. The minimum atomic E-state index is -0.704. The molecule has 0 bridgehead atoms. The number of carbonyl (C=O) groups is 3. The molecule has 0 fully saturated rings. The lowest BCUT2D eigenvalue weighted by Gasteiger charge is -2.35. The molecule has 1 aliphatic rings. The number of fused-ring (bicyclic) bond motifs is 1. The molecule has 2 N–H and O–H groups in total. The highest BCUT2D eigenvalue weighted by Crippen LogP contribution is 2.33. The molecule has 0 aliphatic carbocycles. The number of para-hydroxylation sites is 2. The summed E-state index contributed by atoms with van der Waals surface area (Å²) in [5.74, 6) is 0.0914. The number of amides is 2. The average molecular weight is 424 g/mol. The first kappa shape index (κ1) is 22.3. The number of nitrogens with zero attached hydrogens (tertiary/aromatic N) is 1. The Labute approximate surface area is 182 Å². The fraction of sp³-hybridized carbons (Fsp3) is 0.375. The second-order valence-corrected chi connectivity index (χ2v) is 7.66. The molecule has 1 atom stereocenters. The predicted octanol–water partition coefficient (Wildman–Crippen LogP) is 3.40. The molecule has 7 heteroatoms. The van der Waals surface area contributed by atoms with Crippen LogP contribution in [0.25, 0.3) is 0 Å². The molecule has 0 saturated carbocycles. The van der Waals surface area contributed by atoms with Crippen LogP contribution in [-0.4, -0.2) is 42.8 Å². The summed E-state index contributed by atoms with van der Waals surface area (Å²) in [6.45, 7) is 5.87. The Balaban J connectivity index is 1.73. The van der Waals surface area contributed by atoms with Crippen molar-refractivity contribution in [2.45, 2.75) is 45.8 Å². The van der Waals surface area contributed by atoms with Crippen molar-refractivity contribution in [1.82, 2.24) is 5.32 Å². The SMILES string of the molecule is CCC(CC)NC(=O)C1CN(CC(=O)Nc2cccc(C(C)=O)c2)c2ccccc2O1. The van der Waals surface area contributed by atoms with Gasteiger partial charge in [-0.05, 0) is 44.0 Å². The van der Waals surface area contributed by atoms with Crippen LogP contribution in [0.5, 0.6) is 5.75 Å². The van der Waals surface area contributed by atoms with Crippen molar-refractivity contribution >= 4 is 29.0 Å². The lowest BCUT2D eigenvalue weighted by Crippen LogP contribution is -2.52. The third kappa shape index (κ3) is 5.63. The van der Waals surface area contributed by atoms with E-state index in [4.69, 9.17) is 4.74 Å². The molecule has 0 aromatic heterocycles. The summed E-state index contributed by atoms with van der Waals surface area (Å²) in [4.78, 5) is 38.9. The van der Waals surface area contributed by atoms with E-state index in [0.717, 1.165) is 18.5 Å². The Hall–Kier alpha value is -3.35. The van der Waals surface area contributed by atoms with Crippen LogP contribution in [0.4, 0.5) is 11.4 Å². The Morgan fingerprint density at radius 3 is 2.55 bits per heavy atom. The molecular formula is C24H29N3O4. The van der Waals surface area contributed by atoms with E-state index in [0.29, 0.717) is 17.0 Å². The number of Topliss-reactive ketones (excluding diaryl/α,β-unsaturated/α-hetero) is 1. The lowest BCUT2D eigenvalue weighted by molar-refractivity contribution is -0.129. The van der Waals surface area contributed by atoms with Gasteiger partial charge >= 0.3 is 0 Å². The van der Waals surface area contributed by atoms with E-state index in [-0.39, 0.29) is 36.7 Å². The first-order valence-corrected chi connectivity index (χ1v) is 10.6. The number of hydrogen-bond donors (Lipinski definition) is 2. The monoisotopic (exact) mass is 423 g/mol. The van der Waals surface area contributed by atoms with E-state index in [1.54, 1.807) is 30.3 Å². The maximum Gasteiger partial charge on any atom is 0.263 e. The molecule has 164 valence electrons. The zero-order valence-corrected chi connectivity index (χ0v) is 18.2. The molecular weight excluding hydrogens is 394 g/mol. The number of anilines is 2. The average Bonchev–Trinajstić information content (AvgIpc) is 2.77. The van der Waals surface area contributed by atoms with Gasteiger partial charge in [0.15, 0.2) is 11.9 Å². The van der Waals surface area contributed by atoms with Gasteiger partial charge in [0.1, 0.15) is 5.75 Å². The van der Waals surface area contributed by atoms with Crippen LogP contribution in [0.3, 0.4) is 0 Å². The zero-order valence-electron chi connectivity index (χ0n) is 18.2. The molecule has 0 spiro atoms. The van der Waals surface area contributed by atoms with Gasteiger partial charge in [-0.2, -0.15) is 0 Å². The van der Waals surface area contributed by atoms with Gasteiger partial charge < -0.3 is 20.3 Å². The smallest absolute Gasteiger partial charge is 0.263 e. The largest absolute Gasteiger partial charge is 0.477 e. The standard InChI is InChI=1S/C24H29N3O4/c1-4-18(5-2)26-24(30)22-14-27(20-11-6-7-12-21(20)31-22)15-23(29)25-19-10-8-9-17(13-19)16(3)28/h6-13,18,22H,4-5,14-15H2,1-3H3,(H,25,29)(H,26,30). The van der Waals surface area contributed by atoms with Gasteiger partial charge in [-0.3, -0.25) is 14.4 Å². The summed E-state index contributed by atoms with van der Waals surface area (Å²) >= 11 is 0. The highest BCUT2D eigenvalue weighted by atomic mass is 16.5. The molecule has 0 radical (unpaired) electrons. The third-order valence-corrected chi connectivity index (χ3v) is 5.37. The van der Waals surface area contributed by atoms with E-state index >= 15 is 0 Å². The molecule has 3 rings (SSSR count). The van der Waals surface area contributed by atoms with Crippen molar-refractivity contribution in [1.29, 1.82) is 0 Å².